The molecular formula is C10H17N5O3S. The summed E-state index contributed by atoms with van der Waals surface area (Å²) in [4.78, 5) is 14.4. The van der Waals surface area contributed by atoms with Gasteiger partial charge in [0.2, 0.25) is 5.82 Å². The molecule has 0 radical (unpaired) electrons. The Morgan fingerprint density at radius 2 is 2.26 bits per heavy atom. The minimum absolute atomic E-state index is 0.0839. The van der Waals surface area contributed by atoms with Crippen LogP contribution < -0.4 is 16.6 Å². The van der Waals surface area contributed by atoms with E-state index in [1.165, 1.54) is 12.1 Å². The summed E-state index contributed by atoms with van der Waals surface area (Å²) in [5, 5.41) is 22.4. The lowest BCUT2D eigenvalue weighted by atomic mass is 10.3. The third-order valence-electron chi connectivity index (χ3n) is 2.20. The third kappa shape index (κ3) is 5.28. The Morgan fingerprint density at radius 3 is 2.89 bits per heavy atom. The molecule has 0 saturated heterocycles. The van der Waals surface area contributed by atoms with Crippen LogP contribution in [0.5, 0.6) is 0 Å². The lowest BCUT2D eigenvalue weighted by molar-refractivity contribution is -0.384. The van der Waals surface area contributed by atoms with Crippen molar-refractivity contribution in [2.45, 2.75) is 6.42 Å². The van der Waals surface area contributed by atoms with Gasteiger partial charge in [-0.3, -0.25) is 10.1 Å². The number of hydrogen-bond acceptors (Lipinski definition) is 8. The second-order valence-electron chi connectivity index (χ2n) is 3.58. The maximum absolute atomic E-state index is 10.8. The number of nitrogens with zero attached hydrogens (tertiary/aromatic N) is 2. The Balaban J connectivity index is 2.52. The molecule has 9 heteroatoms. The number of hydrazine groups is 1. The first-order valence-electron chi connectivity index (χ1n) is 5.73. The first kappa shape index (κ1) is 15.5. The fourth-order valence-corrected chi connectivity index (χ4v) is 2.10. The topological polar surface area (TPSA) is 126 Å². The van der Waals surface area contributed by atoms with Gasteiger partial charge in [-0.2, -0.15) is 11.8 Å². The number of hydrogen-bond donors (Lipinski definition) is 4. The number of nitrogens with two attached hydrogens (primary N) is 1. The minimum Gasteiger partial charge on any atom is -0.396 e. The van der Waals surface area contributed by atoms with E-state index in [1.807, 2.05) is 0 Å². The van der Waals surface area contributed by atoms with Crippen LogP contribution in [0.4, 0.5) is 17.3 Å². The number of nitrogens with one attached hydrogen (secondary N) is 2. The maximum atomic E-state index is 10.8. The zero-order valence-corrected chi connectivity index (χ0v) is 11.2. The molecule has 8 nitrogen and oxygen atoms in total. The molecule has 0 unspecified atom stereocenters. The molecule has 1 heterocycles. The van der Waals surface area contributed by atoms with Crippen LogP contribution in [0.25, 0.3) is 0 Å². The van der Waals surface area contributed by atoms with Gasteiger partial charge >= 0.3 is 5.69 Å². The van der Waals surface area contributed by atoms with Gasteiger partial charge in [-0.15, -0.1) is 0 Å². The zero-order chi connectivity index (χ0) is 14.1. The van der Waals surface area contributed by atoms with Crippen LogP contribution in [0, 0.1) is 10.1 Å². The van der Waals surface area contributed by atoms with Crippen LogP contribution in [0.15, 0.2) is 12.1 Å². The Bertz CT molecular complexity index is 418. The molecule has 5 N–H and O–H groups in total. The molecule has 0 aliphatic heterocycles. The summed E-state index contributed by atoms with van der Waals surface area (Å²) >= 11 is 1.66. The molecule has 1 aromatic heterocycles. The van der Waals surface area contributed by atoms with Crippen molar-refractivity contribution in [2.24, 2.45) is 5.84 Å². The van der Waals surface area contributed by atoms with E-state index in [0.717, 1.165) is 17.9 Å². The Kier molecular flexibility index (Phi) is 6.93. The summed E-state index contributed by atoms with van der Waals surface area (Å²) in [6, 6.07) is 2.79. The molecule has 0 spiro atoms. The van der Waals surface area contributed by atoms with Gasteiger partial charge < -0.3 is 15.8 Å². The predicted octanol–water partition coefficient (Wildman–Crippen LogP) is 0.803. The van der Waals surface area contributed by atoms with E-state index in [4.69, 9.17) is 10.9 Å². The van der Waals surface area contributed by atoms with Crippen LogP contribution in [-0.4, -0.2) is 39.7 Å². The standard InChI is InChI=1S/C10H17N5O3S/c11-14-9-3-2-8(15(17)18)10(13-9)12-4-7-19-6-1-5-16/h2-3,16H,1,4-7,11H2,(H2,12,13,14). The first-order valence-corrected chi connectivity index (χ1v) is 6.89. The van der Waals surface area contributed by atoms with E-state index in [-0.39, 0.29) is 18.1 Å². The molecule has 0 aliphatic rings. The second kappa shape index (κ2) is 8.51. The van der Waals surface area contributed by atoms with Crippen LogP contribution in [-0.2, 0) is 0 Å². The number of nitro groups is 1. The van der Waals surface area contributed by atoms with Crippen molar-refractivity contribution < 1.29 is 10.0 Å². The van der Waals surface area contributed by atoms with E-state index >= 15 is 0 Å². The number of thioether (sulfide) groups is 1. The monoisotopic (exact) mass is 287 g/mol. The molecule has 0 amide bonds. The largest absolute Gasteiger partial charge is 0.396 e. The highest BCUT2D eigenvalue weighted by molar-refractivity contribution is 7.99. The van der Waals surface area contributed by atoms with Crippen LogP contribution >= 0.6 is 11.8 Å². The first-order chi connectivity index (χ1) is 9.19. The molecule has 106 valence electrons. The number of aliphatic hydroxyl groups excluding tert-OH is 1. The summed E-state index contributed by atoms with van der Waals surface area (Å²) in [7, 11) is 0. The predicted molar refractivity (Wildman–Crippen MR) is 76.2 cm³/mol. The number of anilines is 2. The molecule has 0 atom stereocenters. The fourth-order valence-electron chi connectivity index (χ4n) is 1.32. The number of nitrogen functional groups attached to an aromatic ring is 1. The number of aromatic nitrogens is 1. The van der Waals surface area contributed by atoms with E-state index < -0.39 is 4.92 Å². The highest BCUT2D eigenvalue weighted by Crippen LogP contribution is 2.23. The molecule has 0 aliphatic carbocycles. The number of aliphatic hydroxyl groups is 1. The van der Waals surface area contributed by atoms with E-state index in [0.29, 0.717) is 12.4 Å². The molecule has 0 fully saturated rings. The zero-order valence-electron chi connectivity index (χ0n) is 10.3. The summed E-state index contributed by atoms with van der Waals surface area (Å²) in [5.41, 5.74) is 2.26. The molecule has 0 saturated carbocycles. The number of rotatable bonds is 9. The van der Waals surface area contributed by atoms with Crippen molar-refractivity contribution in [3.63, 3.8) is 0 Å². The van der Waals surface area contributed by atoms with Gasteiger partial charge in [0, 0.05) is 25.0 Å². The van der Waals surface area contributed by atoms with Crippen molar-refractivity contribution in [1.82, 2.24) is 4.98 Å². The van der Waals surface area contributed by atoms with Crippen molar-refractivity contribution >= 4 is 29.1 Å². The van der Waals surface area contributed by atoms with Crippen molar-refractivity contribution in [3.8, 4) is 0 Å². The normalized spacial score (nSPS) is 10.2. The van der Waals surface area contributed by atoms with Crippen LogP contribution in [0.3, 0.4) is 0 Å². The van der Waals surface area contributed by atoms with Gasteiger partial charge in [-0.05, 0) is 18.2 Å². The van der Waals surface area contributed by atoms with Gasteiger partial charge in [0.25, 0.3) is 0 Å². The summed E-state index contributed by atoms with van der Waals surface area (Å²) in [6.45, 7) is 0.732. The average Bonchev–Trinajstić information content (AvgIpc) is 2.42. The van der Waals surface area contributed by atoms with Gasteiger partial charge in [0.15, 0.2) is 0 Å². The smallest absolute Gasteiger partial charge is 0.311 e. The van der Waals surface area contributed by atoms with E-state index in [9.17, 15) is 10.1 Å². The van der Waals surface area contributed by atoms with Gasteiger partial charge in [-0.1, -0.05) is 0 Å². The summed E-state index contributed by atoms with van der Waals surface area (Å²) < 4.78 is 0. The lowest BCUT2D eigenvalue weighted by Gasteiger charge is -2.07. The maximum Gasteiger partial charge on any atom is 0.311 e. The second-order valence-corrected chi connectivity index (χ2v) is 4.81. The Hall–Kier alpha value is -1.58. The van der Waals surface area contributed by atoms with Gasteiger partial charge in [0.05, 0.1) is 4.92 Å². The lowest BCUT2D eigenvalue weighted by Crippen LogP contribution is -2.12. The molecular weight excluding hydrogens is 270 g/mol. The average molecular weight is 287 g/mol. The SMILES string of the molecule is NNc1ccc([N+](=O)[O-])c(NCCSCCCO)n1. The molecule has 1 aromatic rings. The van der Waals surface area contributed by atoms with E-state index in [1.54, 1.807) is 11.8 Å². The molecule has 0 bridgehead atoms. The van der Waals surface area contributed by atoms with E-state index in [2.05, 4.69) is 15.7 Å². The summed E-state index contributed by atoms with van der Waals surface area (Å²) in [6.07, 6.45) is 0.746. The molecule has 19 heavy (non-hydrogen) atoms. The highest BCUT2D eigenvalue weighted by atomic mass is 32.2. The molecule has 1 rings (SSSR count). The van der Waals surface area contributed by atoms with Crippen molar-refractivity contribution in [3.05, 3.63) is 22.2 Å². The van der Waals surface area contributed by atoms with Crippen LogP contribution in [0.1, 0.15) is 6.42 Å². The van der Waals surface area contributed by atoms with Gasteiger partial charge in [-0.25, -0.2) is 10.8 Å². The number of pyridine rings is 1. The summed E-state index contributed by atoms with van der Waals surface area (Å²) in [5.74, 6) is 7.41. The minimum atomic E-state index is -0.492. The Labute approximate surface area is 114 Å². The van der Waals surface area contributed by atoms with Crippen molar-refractivity contribution in [2.75, 3.05) is 35.4 Å². The van der Waals surface area contributed by atoms with Gasteiger partial charge in [0.1, 0.15) is 5.82 Å². The fraction of sp³-hybridized carbons (Fsp3) is 0.500. The highest BCUT2D eigenvalue weighted by Gasteiger charge is 2.15. The Morgan fingerprint density at radius 1 is 1.47 bits per heavy atom. The van der Waals surface area contributed by atoms with Crippen molar-refractivity contribution in [1.29, 1.82) is 0 Å². The van der Waals surface area contributed by atoms with Crippen LogP contribution in [0.2, 0.25) is 0 Å². The quantitative estimate of drug-likeness (QED) is 0.227. The molecule has 0 aromatic carbocycles. The third-order valence-corrected chi connectivity index (χ3v) is 3.27.